The molecule has 0 fully saturated rings. The zero-order chi connectivity index (χ0) is 16.7. The monoisotopic (exact) mass is 368 g/mol. The maximum absolute atomic E-state index is 11.8. The lowest BCUT2D eigenvalue weighted by Crippen LogP contribution is -2.20. The van der Waals surface area contributed by atoms with Crippen molar-refractivity contribution in [1.82, 2.24) is 5.32 Å². The number of fused-ring (bicyclic) bond motifs is 1. The highest BCUT2D eigenvalue weighted by atomic mass is 35.5. The van der Waals surface area contributed by atoms with E-state index in [4.69, 9.17) is 23.2 Å². The summed E-state index contributed by atoms with van der Waals surface area (Å²) in [5.74, 6) is -1.44. The van der Waals surface area contributed by atoms with Gasteiger partial charge in [0.1, 0.15) is 5.56 Å². The summed E-state index contributed by atoms with van der Waals surface area (Å²) in [7, 11) is 0. The Hall–Kier alpha value is -2.09. The predicted octanol–water partition coefficient (Wildman–Crippen LogP) is 3.94. The number of hydrogen-bond donors (Lipinski definition) is 1. The second kappa shape index (κ2) is 5.84. The Bertz CT molecular complexity index is 865. The molecule has 1 N–H and O–H groups in total. The fourth-order valence-corrected chi connectivity index (χ4v) is 3.77. The average Bonchev–Trinajstić information content (AvgIpc) is 2.77. The van der Waals surface area contributed by atoms with Crippen LogP contribution in [0.15, 0.2) is 40.1 Å². The minimum absolute atomic E-state index is 0.0173. The lowest BCUT2D eigenvalue weighted by Gasteiger charge is -2.08. The molecule has 116 valence electrons. The highest BCUT2D eigenvalue weighted by Crippen LogP contribution is 2.44. The van der Waals surface area contributed by atoms with Gasteiger partial charge in [0.2, 0.25) is 0 Å². The molecule has 0 unspecified atom stereocenters. The van der Waals surface area contributed by atoms with Gasteiger partial charge in [-0.15, -0.1) is 0 Å². The molecule has 0 atom stereocenters. The Labute approximate surface area is 143 Å². The van der Waals surface area contributed by atoms with E-state index in [1.54, 1.807) is 18.2 Å². The number of nitrogens with zero attached hydrogens (tertiary/aromatic N) is 1. The minimum atomic E-state index is -0.788. The summed E-state index contributed by atoms with van der Waals surface area (Å²) in [5, 5.41) is 14.1. The van der Waals surface area contributed by atoms with E-state index in [0.29, 0.717) is 14.9 Å². The summed E-state index contributed by atoms with van der Waals surface area (Å²) in [5.41, 5.74) is -0.698. The van der Waals surface area contributed by atoms with Crippen LogP contribution in [0, 0.1) is 10.1 Å². The lowest BCUT2D eigenvalue weighted by atomic mass is 10.1. The number of halogens is 2. The lowest BCUT2D eigenvalue weighted by molar-refractivity contribution is -0.388. The third kappa shape index (κ3) is 2.67. The topological polar surface area (TPSA) is 89.3 Å². The molecule has 2 aromatic carbocycles. The first kappa shape index (κ1) is 15.8. The van der Waals surface area contributed by atoms with Gasteiger partial charge >= 0.3 is 0 Å². The van der Waals surface area contributed by atoms with Crippen LogP contribution < -0.4 is 5.32 Å². The van der Waals surface area contributed by atoms with Crippen molar-refractivity contribution in [2.75, 3.05) is 0 Å². The number of benzene rings is 2. The fourth-order valence-electron chi connectivity index (χ4n) is 2.18. The van der Waals surface area contributed by atoms with Gasteiger partial charge in [0.15, 0.2) is 0 Å². The molecule has 0 aliphatic carbocycles. The van der Waals surface area contributed by atoms with Gasteiger partial charge in [0.25, 0.3) is 17.5 Å². The van der Waals surface area contributed by atoms with Gasteiger partial charge in [-0.3, -0.25) is 25.0 Å². The van der Waals surface area contributed by atoms with Gasteiger partial charge in [-0.25, -0.2) is 0 Å². The van der Waals surface area contributed by atoms with Crippen LogP contribution in [0.3, 0.4) is 0 Å². The molecule has 0 bridgehead atoms. The molecule has 2 aromatic rings. The van der Waals surface area contributed by atoms with E-state index in [-0.39, 0.29) is 16.0 Å². The number of rotatable bonds is 3. The summed E-state index contributed by atoms with van der Waals surface area (Å²) in [6, 6.07) is 7.63. The number of nitrogens with one attached hydrogen (secondary N) is 1. The third-order valence-electron chi connectivity index (χ3n) is 3.15. The number of nitro groups is 1. The molecular formula is C14H6Cl2N2O4S. The van der Waals surface area contributed by atoms with Crippen molar-refractivity contribution in [2.24, 2.45) is 0 Å². The molecule has 2 amide bonds. The first-order valence-corrected chi connectivity index (χ1v) is 7.76. The molecule has 0 saturated carbocycles. The zero-order valence-corrected chi connectivity index (χ0v) is 13.5. The van der Waals surface area contributed by atoms with Crippen molar-refractivity contribution in [3.8, 4) is 0 Å². The van der Waals surface area contributed by atoms with Crippen molar-refractivity contribution in [1.29, 1.82) is 0 Å². The maximum Gasteiger partial charge on any atom is 0.296 e. The second-order valence-corrected chi connectivity index (χ2v) is 6.39. The molecule has 0 saturated heterocycles. The molecule has 1 heterocycles. The van der Waals surface area contributed by atoms with E-state index in [1.807, 2.05) is 5.32 Å². The number of imide groups is 1. The smallest absolute Gasteiger partial charge is 0.288 e. The Morgan fingerprint density at radius 3 is 2.30 bits per heavy atom. The number of nitro benzene ring substituents is 1. The predicted molar refractivity (Wildman–Crippen MR) is 85.5 cm³/mol. The first-order valence-electron chi connectivity index (χ1n) is 6.19. The van der Waals surface area contributed by atoms with Crippen LogP contribution in [0.1, 0.15) is 20.7 Å². The third-order valence-corrected chi connectivity index (χ3v) is 5.20. The van der Waals surface area contributed by atoms with Crippen molar-refractivity contribution in [3.05, 3.63) is 61.6 Å². The Balaban J connectivity index is 2.18. The number of carbonyl (C=O) groups is 2. The zero-order valence-electron chi connectivity index (χ0n) is 11.1. The Kier molecular flexibility index (Phi) is 4.01. The maximum atomic E-state index is 11.8. The van der Waals surface area contributed by atoms with Crippen LogP contribution >= 0.6 is 35.0 Å². The normalized spacial score (nSPS) is 13.0. The van der Waals surface area contributed by atoms with Gasteiger partial charge in [-0.1, -0.05) is 41.0 Å². The molecule has 0 aromatic heterocycles. The van der Waals surface area contributed by atoms with E-state index in [2.05, 4.69) is 0 Å². The van der Waals surface area contributed by atoms with E-state index in [9.17, 15) is 19.7 Å². The van der Waals surface area contributed by atoms with Crippen LogP contribution in [0.2, 0.25) is 10.0 Å². The molecular weight excluding hydrogens is 363 g/mol. The SMILES string of the molecule is O=C1NC(=O)c2c1ccc(Sc1c(Cl)cccc1Cl)c2[N+](=O)[O-]. The van der Waals surface area contributed by atoms with Gasteiger partial charge in [-0.05, 0) is 24.3 Å². The van der Waals surface area contributed by atoms with Crippen molar-refractivity contribution in [2.45, 2.75) is 9.79 Å². The van der Waals surface area contributed by atoms with Gasteiger partial charge in [0, 0.05) is 4.90 Å². The molecule has 23 heavy (non-hydrogen) atoms. The summed E-state index contributed by atoms with van der Waals surface area (Å²) in [6.07, 6.45) is 0. The van der Waals surface area contributed by atoms with E-state index in [1.165, 1.54) is 12.1 Å². The summed E-state index contributed by atoms with van der Waals surface area (Å²) in [4.78, 5) is 34.8. The van der Waals surface area contributed by atoms with E-state index in [0.717, 1.165) is 11.8 Å². The van der Waals surface area contributed by atoms with Gasteiger partial charge in [0.05, 0.1) is 25.4 Å². The van der Waals surface area contributed by atoms with Crippen LogP contribution in [0.4, 0.5) is 5.69 Å². The van der Waals surface area contributed by atoms with Crippen molar-refractivity contribution < 1.29 is 14.5 Å². The second-order valence-electron chi connectivity index (χ2n) is 4.53. The first-order chi connectivity index (χ1) is 10.9. The molecule has 0 radical (unpaired) electrons. The van der Waals surface area contributed by atoms with Crippen LogP contribution in [-0.2, 0) is 0 Å². The summed E-state index contributed by atoms with van der Waals surface area (Å²) >= 11 is 13.1. The number of hydrogen-bond acceptors (Lipinski definition) is 5. The molecule has 3 rings (SSSR count). The van der Waals surface area contributed by atoms with Gasteiger partial charge in [-0.2, -0.15) is 0 Å². The molecule has 9 heteroatoms. The Morgan fingerprint density at radius 1 is 1.04 bits per heavy atom. The number of carbonyl (C=O) groups excluding carboxylic acids is 2. The van der Waals surface area contributed by atoms with Crippen LogP contribution in [0.25, 0.3) is 0 Å². The summed E-state index contributed by atoms with van der Waals surface area (Å²) < 4.78 is 0. The average molecular weight is 369 g/mol. The van der Waals surface area contributed by atoms with Crippen molar-refractivity contribution >= 4 is 52.5 Å². The molecule has 6 nitrogen and oxygen atoms in total. The highest BCUT2D eigenvalue weighted by Gasteiger charge is 2.37. The van der Waals surface area contributed by atoms with Crippen LogP contribution in [-0.4, -0.2) is 16.7 Å². The van der Waals surface area contributed by atoms with Gasteiger partial charge < -0.3 is 0 Å². The highest BCUT2D eigenvalue weighted by molar-refractivity contribution is 7.99. The number of amides is 2. The van der Waals surface area contributed by atoms with Crippen LogP contribution in [0.5, 0.6) is 0 Å². The molecule has 1 aliphatic heterocycles. The molecule has 1 aliphatic rings. The minimum Gasteiger partial charge on any atom is -0.288 e. The largest absolute Gasteiger partial charge is 0.296 e. The standard InChI is InChI=1S/C14H6Cl2N2O4S/c15-7-2-1-3-8(16)12(7)23-9-5-4-6-10(11(9)18(21)22)14(20)17-13(6)19/h1-5H,(H,17,19,20). The Morgan fingerprint density at radius 2 is 1.70 bits per heavy atom. The summed E-state index contributed by atoms with van der Waals surface area (Å²) in [6.45, 7) is 0. The molecule has 0 spiro atoms. The quantitative estimate of drug-likeness (QED) is 0.503. The van der Waals surface area contributed by atoms with Crippen molar-refractivity contribution in [3.63, 3.8) is 0 Å². The van der Waals surface area contributed by atoms with E-state index < -0.39 is 22.4 Å². The van der Waals surface area contributed by atoms with E-state index >= 15 is 0 Å². The fraction of sp³-hybridized carbons (Fsp3) is 0.